The molecule has 0 atom stereocenters. The summed E-state index contributed by atoms with van der Waals surface area (Å²) in [5, 5.41) is 0. The van der Waals surface area contributed by atoms with Gasteiger partial charge in [-0.15, -0.1) is 0 Å². The zero-order valence-electron chi connectivity index (χ0n) is 15.2. The predicted octanol–water partition coefficient (Wildman–Crippen LogP) is 6.10. The number of hydrogen-bond acceptors (Lipinski definition) is 4. The molecule has 0 aliphatic heterocycles. The summed E-state index contributed by atoms with van der Waals surface area (Å²) in [6.45, 7) is 0. The lowest BCUT2D eigenvalue weighted by atomic mass is 10.0. The van der Waals surface area contributed by atoms with E-state index in [1.165, 1.54) is 0 Å². The zero-order valence-corrected chi connectivity index (χ0v) is 15.2. The van der Waals surface area contributed by atoms with Crippen LogP contribution in [-0.2, 0) is 0 Å². The van der Waals surface area contributed by atoms with Crippen molar-refractivity contribution in [3.8, 4) is 34.1 Å². The molecule has 0 saturated carbocycles. The van der Waals surface area contributed by atoms with Gasteiger partial charge in [0.15, 0.2) is 11.5 Å². The molecule has 0 spiro atoms. The normalized spacial score (nSPS) is 10.4. The van der Waals surface area contributed by atoms with Crippen molar-refractivity contribution in [1.29, 1.82) is 0 Å². The molecule has 0 aliphatic carbocycles. The topological polar surface area (TPSA) is 70.5 Å². The summed E-state index contributed by atoms with van der Waals surface area (Å²) in [6, 6.07) is 30.4. The summed E-state index contributed by atoms with van der Waals surface area (Å²) >= 11 is 0. The summed E-state index contributed by atoms with van der Waals surface area (Å²) < 4.78 is 12.4. The van der Waals surface area contributed by atoms with Gasteiger partial charge in [0.2, 0.25) is 0 Å². The summed E-state index contributed by atoms with van der Waals surface area (Å²) in [5.41, 5.74) is 15.1. The van der Waals surface area contributed by atoms with Gasteiger partial charge in [-0.3, -0.25) is 0 Å². The van der Waals surface area contributed by atoms with E-state index in [4.69, 9.17) is 20.9 Å². The fraction of sp³-hybridized carbons (Fsp3) is 0. The Kier molecular flexibility index (Phi) is 4.85. The van der Waals surface area contributed by atoms with E-state index in [1.54, 1.807) is 0 Å². The average molecular weight is 368 g/mol. The monoisotopic (exact) mass is 368 g/mol. The minimum atomic E-state index is 0.476. The number of nitrogens with two attached hydrogens (primary N) is 2. The molecule has 4 rings (SSSR count). The Hall–Kier alpha value is -3.92. The van der Waals surface area contributed by atoms with E-state index in [0.717, 1.165) is 11.1 Å². The molecule has 4 heteroatoms. The van der Waals surface area contributed by atoms with Gasteiger partial charge in [-0.05, 0) is 54.1 Å². The fourth-order valence-corrected chi connectivity index (χ4v) is 2.89. The third-order valence-electron chi connectivity index (χ3n) is 4.29. The number of rotatable bonds is 5. The summed E-state index contributed by atoms with van der Waals surface area (Å²) in [7, 11) is 0. The van der Waals surface area contributed by atoms with Crippen LogP contribution in [0.15, 0.2) is 97.1 Å². The van der Waals surface area contributed by atoms with Crippen molar-refractivity contribution < 1.29 is 9.47 Å². The average Bonchev–Trinajstić information content (AvgIpc) is 2.73. The molecule has 0 saturated heterocycles. The van der Waals surface area contributed by atoms with Crippen LogP contribution in [-0.4, -0.2) is 0 Å². The Bertz CT molecular complexity index is 1060. The molecule has 4 aromatic rings. The molecule has 4 N–H and O–H groups in total. The molecule has 0 fully saturated rings. The van der Waals surface area contributed by atoms with Gasteiger partial charge in [-0.25, -0.2) is 0 Å². The van der Waals surface area contributed by atoms with E-state index in [-0.39, 0.29) is 0 Å². The number of benzene rings is 4. The van der Waals surface area contributed by atoms with Crippen LogP contribution in [0.2, 0.25) is 0 Å². The van der Waals surface area contributed by atoms with Crippen molar-refractivity contribution in [2.45, 2.75) is 0 Å². The first kappa shape index (κ1) is 17.5. The summed E-state index contributed by atoms with van der Waals surface area (Å²) in [4.78, 5) is 0. The van der Waals surface area contributed by atoms with Crippen molar-refractivity contribution in [2.75, 3.05) is 11.5 Å². The number of ether oxygens (including phenoxy) is 2. The van der Waals surface area contributed by atoms with Gasteiger partial charge in [0.1, 0.15) is 11.5 Å². The lowest BCUT2D eigenvalue weighted by molar-refractivity contribution is 0.422. The molecule has 0 heterocycles. The number of anilines is 2. The lowest BCUT2D eigenvalue weighted by Crippen LogP contribution is -1.98. The highest BCUT2D eigenvalue weighted by atomic mass is 16.5. The van der Waals surface area contributed by atoms with Crippen molar-refractivity contribution in [3.63, 3.8) is 0 Å². The van der Waals surface area contributed by atoms with Crippen LogP contribution in [0.25, 0.3) is 11.1 Å². The first-order valence-corrected chi connectivity index (χ1v) is 8.95. The van der Waals surface area contributed by atoms with E-state index in [1.807, 2.05) is 97.1 Å². The molecule has 0 radical (unpaired) electrons. The molecule has 28 heavy (non-hydrogen) atoms. The van der Waals surface area contributed by atoms with E-state index in [0.29, 0.717) is 34.4 Å². The van der Waals surface area contributed by atoms with Crippen molar-refractivity contribution in [3.05, 3.63) is 97.1 Å². The quantitative estimate of drug-likeness (QED) is 0.417. The highest BCUT2D eigenvalue weighted by Crippen LogP contribution is 2.46. The van der Waals surface area contributed by atoms with Crippen molar-refractivity contribution in [1.82, 2.24) is 0 Å². The van der Waals surface area contributed by atoms with Crippen LogP contribution in [0.1, 0.15) is 0 Å². The Balaban J connectivity index is 1.85. The van der Waals surface area contributed by atoms with Crippen LogP contribution < -0.4 is 20.9 Å². The highest BCUT2D eigenvalue weighted by molar-refractivity contribution is 5.80. The standard InChI is InChI=1S/C24H20N2O2/c25-18-13-11-17(12-14-18)21-15-16-22(26)24(28-20-9-5-2-6-10-20)23(21)27-19-7-3-1-4-8-19/h1-16H,25-26H2. The van der Waals surface area contributed by atoms with E-state index in [9.17, 15) is 0 Å². The molecule has 0 aliphatic rings. The molecule has 4 aromatic carbocycles. The SMILES string of the molecule is Nc1ccc(-c2ccc(N)c(Oc3ccccc3)c2Oc2ccccc2)cc1. The largest absolute Gasteiger partial charge is 0.453 e. The number of hydrogen-bond donors (Lipinski definition) is 2. The second-order valence-corrected chi connectivity index (χ2v) is 6.31. The van der Waals surface area contributed by atoms with E-state index in [2.05, 4.69) is 0 Å². The van der Waals surface area contributed by atoms with Crippen LogP contribution in [0.4, 0.5) is 11.4 Å². The Morgan fingerprint density at radius 1 is 0.500 bits per heavy atom. The Morgan fingerprint density at radius 2 is 1.04 bits per heavy atom. The predicted molar refractivity (Wildman–Crippen MR) is 114 cm³/mol. The maximum Gasteiger partial charge on any atom is 0.193 e. The van der Waals surface area contributed by atoms with Crippen LogP contribution in [0, 0.1) is 0 Å². The van der Waals surface area contributed by atoms with Crippen LogP contribution in [0.3, 0.4) is 0 Å². The van der Waals surface area contributed by atoms with Gasteiger partial charge >= 0.3 is 0 Å². The summed E-state index contributed by atoms with van der Waals surface area (Å²) in [5.74, 6) is 2.41. The van der Waals surface area contributed by atoms with Crippen molar-refractivity contribution in [2.24, 2.45) is 0 Å². The van der Waals surface area contributed by atoms with E-state index >= 15 is 0 Å². The molecule has 0 amide bonds. The highest BCUT2D eigenvalue weighted by Gasteiger charge is 2.18. The van der Waals surface area contributed by atoms with Crippen molar-refractivity contribution >= 4 is 11.4 Å². The lowest BCUT2D eigenvalue weighted by Gasteiger charge is -2.18. The van der Waals surface area contributed by atoms with Gasteiger partial charge in [0.05, 0.1) is 5.69 Å². The Morgan fingerprint density at radius 3 is 1.61 bits per heavy atom. The second kappa shape index (κ2) is 7.76. The molecule has 0 bridgehead atoms. The minimum Gasteiger partial charge on any atom is -0.453 e. The maximum absolute atomic E-state index is 6.27. The van der Waals surface area contributed by atoms with Gasteiger partial charge < -0.3 is 20.9 Å². The zero-order chi connectivity index (χ0) is 19.3. The number of nitrogen functional groups attached to an aromatic ring is 2. The van der Waals surface area contributed by atoms with E-state index < -0.39 is 0 Å². The first-order valence-electron chi connectivity index (χ1n) is 8.95. The third-order valence-corrected chi connectivity index (χ3v) is 4.29. The van der Waals surface area contributed by atoms with Gasteiger partial charge in [-0.1, -0.05) is 48.5 Å². The Labute approximate surface area is 164 Å². The van der Waals surface area contributed by atoms with Crippen LogP contribution in [0.5, 0.6) is 23.0 Å². The molecular formula is C24H20N2O2. The first-order chi connectivity index (χ1) is 13.7. The molecule has 138 valence electrons. The number of para-hydroxylation sites is 2. The molecule has 0 aromatic heterocycles. The maximum atomic E-state index is 6.27. The third kappa shape index (κ3) is 3.76. The second-order valence-electron chi connectivity index (χ2n) is 6.31. The van der Waals surface area contributed by atoms with Gasteiger partial charge in [-0.2, -0.15) is 0 Å². The molecular weight excluding hydrogens is 348 g/mol. The van der Waals surface area contributed by atoms with Crippen LogP contribution >= 0.6 is 0 Å². The minimum absolute atomic E-state index is 0.476. The van der Waals surface area contributed by atoms with Gasteiger partial charge in [0.25, 0.3) is 0 Å². The summed E-state index contributed by atoms with van der Waals surface area (Å²) in [6.07, 6.45) is 0. The fourth-order valence-electron chi connectivity index (χ4n) is 2.89. The van der Waals surface area contributed by atoms with Gasteiger partial charge in [0, 0.05) is 11.3 Å². The molecule has 0 unspecified atom stereocenters. The molecule has 4 nitrogen and oxygen atoms in total. The smallest absolute Gasteiger partial charge is 0.193 e.